The van der Waals surface area contributed by atoms with Gasteiger partial charge in [0.25, 0.3) is 0 Å². The van der Waals surface area contributed by atoms with Crippen LogP contribution in [0.5, 0.6) is 0 Å². The Balaban J connectivity index is 2.20. The quantitative estimate of drug-likeness (QED) is 0.645. The lowest BCUT2D eigenvalue weighted by Crippen LogP contribution is -2.07. The van der Waals surface area contributed by atoms with Crippen LogP contribution in [0.3, 0.4) is 0 Å². The van der Waals surface area contributed by atoms with Crippen molar-refractivity contribution in [2.24, 2.45) is 14.1 Å². The molecule has 0 saturated carbocycles. The number of aromatic nitrogens is 4. The zero-order valence-electron chi connectivity index (χ0n) is 10.4. The maximum Gasteiger partial charge on any atom is 0.406 e. The van der Waals surface area contributed by atoms with E-state index in [1.807, 2.05) is 19.3 Å². The van der Waals surface area contributed by atoms with E-state index in [0.717, 1.165) is 5.69 Å². The largest absolute Gasteiger partial charge is 0.406 e. The number of nitro groups is 1. The third-order valence-corrected chi connectivity index (χ3v) is 2.68. The van der Waals surface area contributed by atoms with E-state index in [1.54, 1.807) is 23.2 Å². The summed E-state index contributed by atoms with van der Waals surface area (Å²) in [6.07, 6.45) is 1.82. The topological polar surface area (TPSA) is 90.8 Å². The van der Waals surface area contributed by atoms with Crippen LogP contribution in [0.4, 0.5) is 11.6 Å². The van der Waals surface area contributed by atoms with Gasteiger partial charge in [0, 0.05) is 27.2 Å². The summed E-state index contributed by atoms with van der Waals surface area (Å²) >= 11 is 0. The SMILES string of the molecule is Cc1nc([N+](=O)[O-])c(NCc2ccn(C)n2)n1C. The first-order chi connectivity index (χ1) is 8.49. The van der Waals surface area contributed by atoms with Crippen molar-refractivity contribution in [3.05, 3.63) is 33.9 Å². The van der Waals surface area contributed by atoms with E-state index < -0.39 is 4.92 Å². The molecule has 1 N–H and O–H groups in total. The summed E-state index contributed by atoms with van der Waals surface area (Å²) in [6, 6.07) is 1.85. The van der Waals surface area contributed by atoms with E-state index in [-0.39, 0.29) is 5.82 Å². The van der Waals surface area contributed by atoms with Gasteiger partial charge in [0.1, 0.15) is 0 Å². The van der Waals surface area contributed by atoms with Crippen molar-refractivity contribution >= 4 is 11.6 Å². The van der Waals surface area contributed by atoms with Crippen molar-refractivity contribution in [2.75, 3.05) is 5.32 Å². The minimum atomic E-state index is -0.492. The Bertz CT molecular complexity index is 585. The van der Waals surface area contributed by atoms with Gasteiger partial charge in [0.15, 0.2) is 0 Å². The van der Waals surface area contributed by atoms with Crippen LogP contribution >= 0.6 is 0 Å². The molecule has 2 aromatic heterocycles. The molecule has 0 aliphatic heterocycles. The first-order valence-electron chi connectivity index (χ1n) is 5.39. The Morgan fingerprint density at radius 1 is 1.50 bits per heavy atom. The van der Waals surface area contributed by atoms with Crippen molar-refractivity contribution in [1.29, 1.82) is 0 Å². The minimum Gasteiger partial charge on any atom is -0.359 e. The molecular weight excluding hydrogens is 236 g/mol. The molecule has 0 atom stereocenters. The maximum atomic E-state index is 10.9. The molecule has 0 aliphatic rings. The molecule has 2 aromatic rings. The fraction of sp³-hybridized carbons (Fsp3) is 0.400. The lowest BCUT2D eigenvalue weighted by Gasteiger charge is -2.04. The van der Waals surface area contributed by atoms with Gasteiger partial charge < -0.3 is 15.4 Å². The van der Waals surface area contributed by atoms with Gasteiger partial charge in [-0.15, -0.1) is 0 Å². The number of imidazole rings is 1. The fourth-order valence-electron chi connectivity index (χ4n) is 1.65. The molecule has 0 radical (unpaired) electrons. The molecule has 2 heterocycles. The molecule has 8 nitrogen and oxygen atoms in total. The maximum absolute atomic E-state index is 10.9. The second kappa shape index (κ2) is 4.47. The molecule has 2 rings (SSSR count). The third-order valence-electron chi connectivity index (χ3n) is 2.68. The zero-order chi connectivity index (χ0) is 13.3. The Morgan fingerprint density at radius 3 is 2.78 bits per heavy atom. The van der Waals surface area contributed by atoms with Crippen LogP contribution in [0.1, 0.15) is 11.5 Å². The predicted molar refractivity (Wildman–Crippen MR) is 65.1 cm³/mol. The van der Waals surface area contributed by atoms with Crippen LogP contribution in [0.2, 0.25) is 0 Å². The first-order valence-corrected chi connectivity index (χ1v) is 5.39. The smallest absolute Gasteiger partial charge is 0.359 e. The van der Waals surface area contributed by atoms with Crippen molar-refractivity contribution in [1.82, 2.24) is 19.3 Å². The molecule has 96 valence electrons. The molecule has 0 aromatic carbocycles. The Kier molecular flexibility index (Phi) is 3.00. The van der Waals surface area contributed by atoms with E-state index in [0.29, 0.717) is 18.2 Å². The molecule has 0 bridgehead atoms. The van der Waals surface area contributed by atoms with Gasteiger partial charge in [-0.2, -0.15) is 5.10 Å². The van der Waals surface area contributed by atoms with Gasteiger partial charge in [-0.25, -0.2) is 0 Å². The molecule has 0 aliphatic carbocycles. The molecule has 8 heteroatoms. The molecular formula is C10H14N6O2. The third kappa shape index (κ3) is 2.17. The highest BCUT2D eigenvalue weighted by Crippen LogP contribution is 2.24. The first kappa shape index (κ1) is 12.1. The Hall–Kier alpha value is -2.38. The number of hydrogen-bond donors (Lipinski definition) is 1. The summed E-state index contributed by atoms with van der Waals surface area (Å²) in [5.41, 5.74) is 0.811. The summed E-state index contributed by atoms with van der Waals surface area (Å²) < 4.78 is 3.33. The van der Waals surface area contributed by atoms with Crippen LogP contribution < -0.4 is 5.32 Å². The normalized spacial score (nSPS) is 10.6. The van der Waals surface area contributed by atoms with Crippen LogP contribution in [0.25, 0.3) is 0 Å². The molecule has 0 spiro atoms. The van der Waals surface area contributed by atoms with Crippen LogP contribution in [0, 0.1) is 17.0 Å². The van der Waals surface area contributed by atoms with E-state index in [2.05, 4.69) is 15.4 Å². The summed E-state index contributed by atoms with van der Waals surface area (Å²) in [4.78, 5) is 14.3. The fourth-order valence-corrected chi connectivity index (χ4v) is 1.65. The lowest BCUT2D eigenvalue weighted by molar-refractivity contribution is -0.388. The minimum absolute atomic E-state index is 0.161. The molecule has 0 saturated heterocycles. The zero-order valence-corrected chi connectivity index (χ0v) is 10.4. The standard InChI is InChI=1S/C10H14N6O2/c1-7-12-10(16(17)18)9(15(7)3)11-6-8-4-5-14(2)13-8/h4-5,11H,6H2,1-3H3. The molecule has 0 unspecified atom stereocenters. The molecule has 0 fully saturated rings. The van der Waals surface area contributed by atoms with Gasteiger partial charge in [-0.1, -0.05) is 0 Å². The van der Waals surface area contributed by atoms with Crippen LogP contribution in [-0.2, 0) is 20.6 Å². The second-order valence-electron chi connectivity index (χ2n) is 3.98. The number of nitrogens with zero attached hydrogens (tertiary/aromatic N) is 5. The van der Waals surface area contributed by atoms with Gasteiger partial charge in [0.2, 0.25) is 11.6 Å². The Morgan fingerprint density at radius 2 is 2.22 bits per heavy atom. The van der Waals surface area contributed by atoms with Crippen LogP contribution in [-0.4, -0.2) is 24.3 Å². The number of hydrogen-bond acceptors (Lipinski definition) is 5. The van der Waals surface area contributed by atoms with E-state index in [4.69, 9.17) is 0 Å². The Labute approximate surface area is 103 Å². The van der Waals surface area contributed by atoms with E-state index in [1.165, 1.54) is 0 Å². The van der Waals surface area contributed by atoms with E-state index in [9.17, 15) is 10.1 Å². The van der Waals surface area contributed by atoms with E-state index >= 15 is 0 Å². The van der Waals surface area contributed by atoms with Crippen LogP contribution in [0.15, 0.2) is 12.3 Å². The van der Waals surface area contributed by atoms with Gasteiger partial charge in [-0.3, -0.25) is 9.25 Å². The monoisotopic (exact) mass is 250 g/mol. The highest BCUT2D eigenvalue weighted by atomic mass is 16.6. The number of nitrogens with one attached hydrogen (secondary N) is 1. The van der Waals surface area contributed by atoms with Crippen molar-refractivity contribution in [3.63, 3.8) is 0 Å². The van der Waals surface area contributed by atoms with Crippen molar-refractivity contribution < 1.29 is 4.92 Å². The lowest BCUT2D eigenvalue weighted by atomic mass is 10.4. The van der Waals surface area contributed by atoms with Crippen molar-refractivity contribution in [2.45, 2.75) is 13.5 Å². The highest BCUT2D eigenvalue weighted by Gasteiger charge is 2.23. The predicted octanol–water partition coefficient (Wildman–Crippen LogP) is 0.982. The van der Waals surface area contributed by atoms with Gasteiger partial charge >= 0.3 is 5.82 Å². The highest BCUT2D eigenvalue weighted by molar-refractivity contribution is 5.53. The summed E-state index contributed by atoms with van der Waals surface area (Å²) in [5.74, 6) is 0.819. The number of aryl methyl sites for hydroxylation is 2. The van der Waals surface area contributed by atoms with Crippen molar-refractivity contribution in [3.8, 4) is 0 Å². The second-order valence-corrected chi connectivity index (χ2v) is 3.98. The average Bonchev–Trinajstić information content (AvgIpc) is 2.83. The average molecular weight is 250 g/mol. The van der Waals surface area contributed by atoms with Gasteiger partial charge in [-0.05, 0) is 16.0 Å². The summed E-state index contributed by atoms with van der Waals surface area (Å²) in [5, 5.41) is 18.1. The molecule has 18 heavy (non-hydrogen) atoms. The summed E-state index contributed by atoms with van der Waals surface area (Å²) in [6.45, 7) is 2.14. The summed E-state index contributed by atoms with van der Waals surface area (Å²) in [7, 11) is 3.55. The number of rotatable bonds is 4. The molecule has 0 amide bonds. The van der Waals surface area contributed by atoms with Gasteiger partial charge in [0.05, 0.1) is 12.2 Å². The number of anilines is 1.